The summed E-state index contributed by atoms with van der Waals surface area (Å²) in [6.45, 7) is 3.43. The predicted molar refractivity (Wildman–Crippen MR) is 52.2 cm³/mol. The minimum Gasteiger partial charge on any atom is -0.362 e. The van der Waals surface area contributed by atoms with Crippen LogP contribution in [0, 0.1) is 6.92 Å². The van der Waals surface area contributed by atoms with Crippen molar-refractivity contribution in [2.45, 2.75) is 13.5 Å². The predicted octanol–water partition coefficient (Wildman–Crippen LogP) is 2.66. The van der Waals surface area contributed by atoms with Crippen LogP contribution in [0.2, 0.25) is 0 Å². The fraction of sp³-hybridized carbons (Fsp3) is 0.333. The van der Waals surface area contributed by atoms with E-state index in [0.29, 0.717) is 13.3 Å². The van der Waals surface area contributed by atoms with E-state index in [1.165, 1.54) is 16.8 Å². The number of ether oxygens (including phenoxy) is 1. The first-order valence-electron chi connectivity index (χ1n) is 3.88. The Morgan fingerprint density at radius 3 is 3.17 bits per heavy atom. The molecule has 0 aromatic heterocycles. The summed E-state index contributed by atoms with van der Waals surface area (Å²) in [5.74, 6) is 0. The van der Waals surface area contributed by atoms with Crippen LogP contribution in [-0.2, 0) is 11.3 Å². The molecule has 1 aliphatic heterocycles. The molecule has 1 N–H and O–H groups in total. The largest absolute Gasteiger partial charge is 0.362 e. The number of benzene rings is 1. The molecule has 1 aromatic carbocycles. The fourth-order valence-corrected chi connectivity index (χ4v) is 2.08. The SMILES string of the molecule is Cc1cc(Br)cc2c1NCOC2. The second-order valence-corrected chi connectivity index (χ2v) is 3.84. The highest BCUT2D eigenvalue weighted by Gasteiger charge is 2.11. The van der Waals surface area contributed by atoms with Gasteiger partial charge in [0, 0.05) is 15.7 Å². The van der Waals surface area contributed by atoms with Crippen LogP contribution in [-0.4, -0.2) is 6.73 Å². The van der Waals surface area contributed by atoms with Gasteiger partial charge in [-0.1, -0.05) is 15.9 Å². The average Bonchev–Trinajstić information content (AvgIpc) is 2.04. The number of anilines is 1. The summed E-state index contributed by atoms with van der Waals surface area (Å²) < 4.78 is 6.39. The Bertz CT molecular complexity index is 312. The van der Waals surface area contributed by atoms with Gasteiger partial charge in [0.2, 0.25) is 0 Å². The van der Waals surface area contributed by atoms with E-state index in [9.17, 15) is 0 Å². The van der Waals surface area contributed by atoms with Gasteiger partial charge in [0.05, 0.1) is 6.61 Å². The van der Waals surface area contributed by atoms with Crippen LogP contribution >= 0.6 is 15.9 Å². The molecule has 0 saturated carbocycles. The first-order chi connectivity index (χ1) is 5.77. The molecular formula is C9H10BrNO. The maximum Gasteiger partial charge on any atom is 0.116 e. The van der Waals surface area contributed by atoms with Crippen molar-refractivity contribution in [2.75, 3.05) is 12.0 Å². The van der Waals surface area contributed by atoms with Gasteiger partial charge < -0.3 is 10.1 Å². The molecule has 1 aromatic rings. The number of nitrogens with one attached hydrogen (secondary N) is 1. The highest BCUT2D eigenvalue weighted by Crippen LogP contribution is 2.28. The summed E-state index contributed by atoms with van der Waals surface area (Å²) >= 11 is 3.46. The Morgan fingerprint density at radius 2 is 2.33 bits per heavy atom. The zero-order valence-electron chi connectivity index (χ0n) is 6.86. The number of hydrogen-bond acceptors (Lipinski definition) is 2. The van der Waals surface area contributed by atoms with Gasteiger partial charge in [0.15, 0.2) is 0 Å². The van der Waals surface area contributed by atoms with Crippen LogP contribution in [0.5, 0.6) is 0 Å². The van der Waals surface area contributed by atoms with Crippen molar-refractivity contribution in [2.24, 2.45) is 0 Å². The van der Waals surface area contributed by atoms with E-state index in [1.807, 2.05) is 0 Å². The van der Waals surface area contributed by atoms with Gasteiger partial charge in [-0.3, -0.25) is 0 Å². The molecule has 12 heavy (non-hydrogen) atoms. The van der Waals surface area contributed by atoms with Crippen LogP contribution in [0.15, 0.2) is 16.6 Å². The molecule has 1 aliphatic rings. The number of halogens is 1. The molecule has 0 spiro atoms. The molecule has 2 rings (SSSR count). The minimum absolute atomic E-state index is 0.621. The van der Waals surface area contributed by atoms with Crippen molar-refractivity contribution in [1.29, 1.82) is 0 Å². The summed E-state index contributed by atoms with van der Waals surface area (Å²) in [4.78, 5) is 0. The van der Waals surface area contributed by atoms with E-state index in [4.69, 9.17) is 4.74 Å². The lowest BCUT2D eigenvalue weighted by atomic mass is 10.1. The fourth-order valence-electron chi connectivity index (χ4n) is 1.46. The second kappa shape index (κ2) is 3.07. The molecule has 0 saturated heterocycles. The Kier molecular flexibility index (Phi) is 2.07. The first-order valence-corrected chi connectivity index (χ1v) is 4.67. The molecule has 0 aliphatic carbocycles. The van der Waals surface area contributed by atoms with Gasteiger partial charge in [-0.05, 0) is 24.6 Å². The van der Waals surface area contributed by atoms with Gasteiger partial charge in [0.25, 0.3) is 0 Å². The van der Waals surface area contributed by atoms with Gasteiger partial charge >= 0.3 is 0 Å². The molecule has 2 nitrogen and oxygen atoms in total. The smallest absolute Gasteiger partial charge is 0.116 e. The zero-order chi connectivity index (χ0) is 8.55. The Morgan fingerprint density at radius 1 is 1.50 bits per heavy atom. The Labute approximate surface area is 80.1 Å². The first kappa shape index (κ1) is 8.08. The van der Waals surface area contributed by atoms with Gasteiger partial charge in [0.1, 0.15) is 6.73 Å². The van der Waals surface area contributed by atoms with Crippen molar-refractivity contribution >= 4 is 21.6 Å². The molecular weight excluding hydrogens is 218 g/mol. The van der Waals surface area contributed by atoms with Gasteiger partial charge in [-0.2, -0.15) is 0 Å². The lowest BCUT2D eigenvalue weighted by Gasteiger charge is -2.20. The maximum atomic E-state index is 5.27. The number of aryl methyl sites for hydroxylation is 1. The second-order valence-electron chi connectivity index (χ2n) is 2.93. The van der Waals surface area contributed by atoms with Gasteiger partial charge in [-0.25, -0.2) is 0 Å². The minimum atomic E-state index is 0.621. The summed E-state index contributed by atoms with van der Waals surface area (Å²) in [5, 5.41) is 3.22. The van der Waals surface area contributed by atoms with E-state index in [-0.39, 0.29) is 0 Å². The zero-order valence-corrected chi connectivity index (χ0v) is 8.44. The molecule has 0 bridgehead atoms. The Hall–Kier alpha value is -0.540. The molecule has 0 amide bonds. The van der Waals surface area contributed by atoms with E-state index < -0.39 is 0 Å². The lowest BCUT2D eigenvalue weighted by Crippen LogP contribution is -2.15. The van der Waals surface area contributed by atoms with Crippen LogP contribution in [0.4, 0.5) is 5.69 Å². The van der Waals surface area contributed by atoms with E-state index in [0.717, 1.165) is 4.47 Å². The van der Waals surface area contributed by atoms with Crippen LogP contribution in [0.1, 0.15) is 11.1 Å². The normalized spacial score (nSPS) is 15.2. The summed E-state index contributed by atoms with van der Waals surface area (Å²) in [6, 6.07) is 4.20. The van der Waals surface area contributed by atoms with E-state index in [2.05, 4.69) is 40.3 Å². The quantitative estimate of drug-likeness (QED) is 0.736. The van der Waals surface area contributed by atoms with Crippen LogP contribution < -0.4 is 5.32 Å². The van der Waals surface area contributed by atoms with Crippen molar-refractivity contribution in [3.05, 3.63) is 27.7 Å². The third-order valence-electron chi connectivity index (χ3n) is 1.99. The molecule has 1 heterocycles. The number of rotatable bonds is 0. The summed E-state index contributed by atoms with van der Waals surface area (Å²) in [5.41, 5.74) is 3.72. The molecule has 64 valence electrons. The van der Waals surface area contributed by atoms with E-state index in [1.54, 1.807) is 0 Å². The highest BCUT2D eigenvalue weighted by molar-refractivity contribution is 9.10. The molecule has 0 fully saturated rings. The van der Waals surface area contributed by atoms with Crippen molar-refractivity contribution in [3.8, 4) is 0 Å². The van der Waals surface area contributed by atoms with Crippen molar-refractivity contribution < 1.29 is 4.74 Å². The topological polar surface area (TPSA) is 21.3 Å². The third-order valence-corrected chi connectivity index (χ3v) is 2.45. The highest BCUT2D eigenvalue weighted by atomic mass is 79.9. The average molecular weight is 228 g/mol. The lowest BCUT2D eigenvalue weighted by molar-refractivity contribution is 0.130. The summed E-state index contributed by atoms with van der Waals surface area (Å²) in [7, 11) is 0. The molecule has 0 atom stereocenters. The molecule has 3 heteroatoms. The van der Waals surface area contributed by atoms with Crippen molar-refractivity contribution in [3.63, 3.8) is 0 Å². The van der Waals surface area contributed by atoms with E-state index >= 15 is 0 Å². The van der Waals surface area contributed by atoms with Crippen molar-refractivity contribution in [1.82, 2.24) is 0 Å². The monoisotopic (exact) mass is 227 g/mol. The maximum absolute atomic E-state index is 5.27. The van der Waals surface area contributed by atoms with Gasteiger partial charge in [-0.15, -0.1) is 0 Å². The number of fused-ring (bicyclic) bond motifs is 1. The Balaban J connectivity index is 2.53. The van der Waals surface area contributed by atoms with Crippen LogP contribution in [0.3, 0.4) is 0 Å². The van der Waals surface area contributed by atoms with Crippen LogP contribution in [0.25, 0.3) is 0 Å². The third kappa shape index (κ3) is 1.34. The summed E-state index contributed by atoms with van der Waals surface area (Å²) in [6.07, 6.45) is 0. The molecule has 0 unspecified atom stereocenters. The molecule has 0 radical (unpaired) electrons. The standard InChI is InChI=1S/C9H10BrNO/c1-6-2-8(10)3-7-4-12-5-11-9(6)7/h2-3,11H,4-5H2,1H3. The number of hydrogen-bond donors (Lipinski definition) is 1.